The van der Waals surface area contributed by atoms with E-state index in [2.05, 4.69) is 44.3 Å². The van der Waals surface area contributed by atoms with Gasteiger partial charge in [0.15, 0.2) is 0 Å². The molecule has 0 aliphatic heterocycles. The lowest BCUT2D eigenvalue weighted by Crippen LogP contribution is -1.97. The number of H-pyrrole nitrogens is 1. The SMILES string of the molecule is Fc1cncc(CCc2ccc(Cc3c[nH]c4ncc(C5CC5)cc34)cn2)c1. The lowest BCUT2D eigenvalue weighted by atomic mass is 10.0. The molecule has 1 aliphatic carbocycles. The van der Waals surface area contributed by atoms with E-state index < -0.39 is 0 Å². The van der Waals surface area contributed by atoms with E-state index in [4.69, 9.17) is 0 Å². The van der Waals surface area contributed by atoms with Crippen LogP contribution in [0, 0.1) is 5.82 Å². The zero-order chi connectivity index (χ0) is 18.9. The number of nitrogens with one attached hydrogen (secondary N) is 1. The third-order valence-electron chi connectivity index (χ3n) is 5.40. The fourth-order valence-corrected chi connectivity index (χ4v) is 3.65. The topological polar surface area (TPSA) is 54.5 Å². The van der Waals surface area contributed by atoms with Crippen LogP contribution in [-0.4, -0.2) is 19.9 Å². The lowest BCUT2D eigenvalue weighted by Gasteiger charge is -2.05. The second kappa shape index (κ2) is 7.15. The molecule has 4 aromatic rings. The van der Waals surface area contributed by atoms with E-state index in [9.17, 15) is 4.39 Å². The highest BCUT2D eigenvalue weighted by Crippen LogP contribution is 2.40. The summed E-state index contributed by atoms with van der Waals surface area (Å²) in [6, 6.07) is 8.01. The van der Waals surface area contributed by atoms with Crippen LogP contribution in [0.3, 0.4) is 0 Å². The summed E-state index contributed by atoms with van der Waals surface area (Å²) in [4.78, 5) is 16.3. The average Bonchev–Trinajstić information content (AvgIpc) is 3.50. The van der Waals surface area contributed by atoms with Crippen LogP contribution in [0.25, 0.3) is 11.0 Å². The van der Waals surface area contributed by atoms with Crippen LogP contribution in [-0.2, 0) is 19.3 Å². The Morgan fingerprint density at radius 3 is 2.68 bits per heavy atom. The second-order valence-corrected chi connectivity index (χ2v) is 7.60. The highest BCUT2D eigenvalue weighted by Gasteiger charge is 2.24. The standard InChI is InChI=1S/C23H21FN4/c24-20-8-16(10-25-14-20)2-6-21-5-1-15(11-26-21)7-19-13-28-23-22(19)9-18(12-27-23)17-3-4-17/h1,5,8-14,17H,2-4,6-7H2,(H,27,28). The van der Waals surface area contributed by atoms with Gasteiger partial charge in [-0.15, -0.1) is 0 Å². The first-order valence-electron chi connectivity index (χ1n) is 9.74. The van der Waals surface area contributed by atoms with E-state index in [1.807, 2.05) is 12.4 Å². The smallest absolute Gasteiger partial charge is 0.141 e. The predicted octanol–water partition coefficient (Wildman–Crippen LogP) is 4.75. The number of fused-ring (bicyclic) bond motifs is 1. The summed E-state index contributed by atoms with van der Waals surface area (Å²) in [5.41, 5.74) is 6.63. The molecule has 140 valence electrons. The van der Waals surface area contributed by atoms with Crippen molar-refractivity contribution in [3.8, 4) is 0 Å². The number of aryl methyl sites for hydroxylation is 2. The highest BCUT2D eigenvalue weighted by atomic mass is 19.1. The van der Waals surface area contributed by atoms with Crippen LogP contribution in [0.5, 0.6) is 0 Å². The molecule has 0 aromatic carbocycles. The first-order valence-corrected chi connectivity index (χ1v) is 9.74. The van der Waals surface area contributed by atoms with Crippen LogP contribution in [0.1, 0.15) is 46.7 Å². The van der Waals surface area contributed by atoms with E-state index in [0.29, 0.717) is 5.92 Å². The number of aromatic nitrogens is 4. The molecule has 4 nitrogen and oxygen atoms in total. The molecule has 28 heavy (non-hydrogen) atoms. The van der Waals surface area contributed by atoms with Crippen molar-refractivity contribution in [3.05, 3.63) is 89.0 Å². The number of rotatable bonds is 6. The number of nitrogens with zero attached hydrogens (tertiary/aromatic N) is 3. The molecule has 1 saturated carbocycles. The molecule has 0 bridgehead atoms. The zero-order valence-electron chi connectivity index (χ0n) is 15.5. The van der Waals surface area contributed by atoms with E-state index >= 15 is 0 Å². The minimum absolute atomic E-state index is 0.293. The summed E-state index contributed by atoms with van der Waals surface area (Å²) < 4.78 is 13.2. The molecule has 0 amide bonds. The van der Waals surface area contributed by atoms with Crippen molar-refractivity contribution >= 4 is 11.0 Å². The summed E-state index contributed by atoms with van der Waals surface area (Å²) in [6.07, 6.45) is 13.8. The first-order chi connectivity index (χ1) is 13.7. The fourth-order valence-electron chi connectivity index (χ4n) is 3.65. The van der Waals surface area contributed by atoms with Gasteiger partial charge in [-0.1, -0.05) is 6.07 Å². The van der Waals surface area contributed by atoms with E-state index in [0.717, 1.165) is 36.2 Å². The molecule has 0 unspecified atom stereocenters. The predicted molar refractivity (Wildman–Crippen MR) is 107 cm³/mol. The number of pyridine rings is 3. The fraction of sp³-hybridized carbons (Fsp3) is 0.261. The quantitative estimate of drug-likeness (QED) is 0.532. The number of aromatic amines is 1. The number of hydrogen-bond acceptors (Lipinski definition) is 3. The van der Waals surface area contributed by atoms with Crippen molar-refractivity contribution in [2.45, 2.75) is 38.0 Å². The normalized spacial score (nSPS) is 13.9. The van der Waals surface area contributed by atoms with Crippen molar-refractivity contribution in [1.82, 2.24) is 19.9 Å². The van der Waals surface area contributed by atoms with Gasteiger partial charge in [-0.25, -0.2) is 9.37 Å². The molecule has 0 radical (unpaired) electrons. The summed E-state index contributed by atoms with van der Waals surface area (Å²) in [5, 5.41) is 1.21. The van der Waals surface area contributed by atoms with Crippen molar-refractivity contribution in [1.29, 1.82) is 0 Å². The monoisotopic (exact) mass is 372 g/mol. The molecule has 5 rings (SSSR count). The molecule has 0 spiro atoms. The zero-order valence-corrected chi connectivity index (χ0v) is 15.5. The van der Waals surface area contributed by atoms with Gasteiger partial charge >= 0.3 is 0 Å². The summed E-state index contributed by atoms with van der Waals surface area (Å²) in [6.45, 7) is 0. The molecule has 1 aliphatic rings. The van der Waals surface area contributed by atoms with Gasteiger partial charge in [0, 0.05) is 42.3 Å². The average molecular weight is 372 g/mol. The molecular weight excluding hydrogens is 351 g/mol. The highest BCUT2D eigenvalue weighted by molar-refractivity contribution is 5.80. The van der Waals surface area contributed by atoms with Gasteiger partial charge in [0.1, 0.15) is 11.5 Å². The molecular formula is C23H21FN4. The molecule has 1 fully saturated rings. The molecule has 1 N–H and O–H groups in total. The third kappa shape index (κ3) is 3.65. The maximum atomic E-state index is 13.2. The first kappa shape index (κ1) is 17.0. The maximum absolute atomic E-state index is 13.2. The van der Waals surface area contributed by atoms with Crippen LogP contribution >= 0.6 is 0 Å². The van der Waals surface area contributed by atoms with E-state index in [1.54, 1.807) is 6.20 Å². The second-order valence-electron chi connectivity index (χ2n) is 7.60. The van der Waals surface area contributed by atoms with Gasteiger partial charge in [0.2, 0.25) is 0 Å². The Bertz CT molecular complexity index is 1110. The Kier molecular flexibility index (Phi) is 4.35. The van der Waals surface area contributed by atoms with Crippen molar-refractivity contribution in [3.63, 3.8) is 0 Å². The Hall–Kier alpha value is -3.08. The van der Waals surface area contributed by atoms with Gasteiger partial charge in [0.25, 0.3) is 0 Å². The lowest BCUT2D eigenvalue weighted by molar-refractivity contribution is 0.618. The maximum Gasteiger partial charge on any atom is 0.141 e. The minimum Gasteiger partial charge on any atom is -0.346 e. The molecule has 4 heterocycles. The number of halogens is 1. The summed E-state index contributed by atoms with van der Waals surface area (Å²) >= 11 is 0. The van der Waals surface area contributed by atoms with Crippen LogP contribution < -0.4 is 0 Å². The largest absolute Gasteiger partial charge is 0.346 e. The Morgan fingerprint density at radius 1 is 0.964 bits per heavy atom. The van der Waals surface area contributed by atoms with Gasteiger partial charge in [-0.2, -0.15) is 0 Å². The Balaban J connectivity index is 1.28. The molecule has 4 aromatic heterocycles. The van der Waals surface area contributed by atoms with E-state index in [1.165, 1.54) is 47.2 Å². The van der Waals surface area contributed by atoms with Crippen LogP contribution in [0.15, 0.2) is 55.2 Å². The van der Waals surface area contributed by atoms with Crippen molar-refractivity contribution in [2.75, 3.05) is 0 Å². The van der Waals surface area contributed by atoms with Gasteiger partial charge in [-0.05, 0) is 72.1 Å². The van der Waals surface area contributed by atoms with Gasteiger partial charge < -0.3 is 4.98 Å². The summed E-state index contributed by atoms with van der Waals surface area (Å²) in [5.74, 6) is 0.410. The molecule has 0 saturated heterocycles. The third-order valence-corrected chi connectivity index (χ3v) is 5.40. The summed E-state index contributed by atoms with van der Waals surface area (Å²) in [7, 11) is 0. The Morgan fingerprint density at radius 2 is 1.89 bits per heavy atom. The van der Waals surface area contributed by atoms with Gasteiger partial charge in [0.05, 0.1) is 6.20 Å². The minimum atomic E-state index is -0.293. The van der Waals surface area contributed by atoms with Gasteiger partial charge in [-0.3, -0.25) is 9.97 Å². The molecule has 0 atom stereocenters. The molecule has 5 heteroatoms. The van der Waals surface area contributed by atoms with Crippen molar-refractivity contribution in [2.24, 2.45) is 0 Å². The van der Waals surface area contributed by atoms with Crippen molar-refractivity contribution < 1.29 is 4.39 Å². The number of hydrogen-bond donors (Lipinski definition) is 1. The Labute approximate surface area is 162 Å². The van der Waals surface area contributed by atoms with Crippen LogP contribution in [0.2, 0.25) is 0 Å². The van der Waals surface area contributed by atoms with E-state index in [-0.39, 0.29) is 5.82 Å². The van der Waals surface area contributed by atoms with Crippen LogP contribution in [0.4, 0.5) is 4.39 Å².